The number of nitrogens with zero attached hydrogens (tertiary/aromatic N) is 4. The summed E-state index contributed by atoms with van der Waals surface area (Å²) in [5.74, 6) is 0.0434. The average molecular weight is 282 g/mol. The van der Waals surface area contributed by atoms with Crippen molar-refractivity contribution < 1.29 is 4.79 Å². The van der Waals surface area contributed by atoms with Crippen molar-refractivity contribution in [3.63, 3.8) is 0 Å². The Hall–Kier alpha value is -2.30. The molecule has 1 amide bonds. The summed E-state index contributed by atoms with van der Waals surface area (Å²) in [7, 11) is 0. The number of amides is 1. The molecule has 0 aliphatic carbocycles. The van der Waals surface area contributed by atoms with Gasteiger partial charge in [0, 0.05) is 43.3 Å². The fourth-order valence-corrected chi connectivity index (χ4v) is 2.77. The summed E-state index contributed by atoms with van der Waals surface area (Å²) in [4.78, 5) is 27.2. The van der Waals surface area contributed by atoms with Gasteiger partial charge in [0.15, 0.2) is 0 Å². The minimum Gasteiger partial charge on any atom is -0.338 e. The first-order valence-electron chi connectivity index (χ1n) is 7.30. The van der Waals surface area contributed by atoms with Crippen molar-refractivity contribution >= 4 is 5.91 Å². The van der Waals surface area contributed by atoms with Crippen LogP contribution in [0.2, 0.25) is 0 Å². The molecule has 0 unspecified atom stereocenters. The predicted octanol–water partition coefficient (Wildman–Crippen LogP) is 1.68. The minimum atomic E-state index is 0.0434. The number of fused-ring (bicyclic) bond motifs is 1. The van der Waals surface area contributed by atoms with Crippen LogP contribution in [0.5, 0.6) is 0 Å². The summed E-state index contributed by atoms with van der Waals surface area (Å²) >= 11 is 0. The normalized spacial score (nSPS) is 14.4. The zero-order chi connectivity index (χ0) is 14.7. The second-order valence-electron chi connectivity index (χ2n) is 5.13. The maximum absolute atomic E-state index is 12.5. The SMILES string of the molecule is CCc1ncnc2c1CCN(C(=O)c1cccnc1)CC2. The van der Waals surface area contributed by atoms with Gasteiger partial charge in [-0.05, 0) is 30.5 Å². The lowest BCUT2D eigenvalue weighted by molar-refractivity contribution is 0.0762. The van der Waals surface area contributed by atoms with Gasteiger partial charge in [-0.15, -0.1) is 0 Å². The molecule has 3 heterocycles. The Balaban J connectivity index is 1.80. The molecule has 0 saturated heterocycles. The van der Waals surface area contributed by atoms with Crippen molar-refractivity contribution in [1.29, 1.82) is 0 Å². The molecule has 0 saturated carbocycles. The Morgan fingerprint density at radius 3 is 2.90 bits per heavy atom. The molecule has 0 spiro atoms. The summed E-state index contributed by atoms with van der Waals surface area (Å²) in [6.45, 7) is 3.51. The van der Waals surface area contributed by atoms with Crippen molar-refractivity contribution in [1.82, 2.24) is 19.9 Å². The topological polar surface area (TPSA) is 59.0 Å². The zero-order valence-electron chi connectivity index (χ0n) is 12.1. The number of carbonyl (C=O) groups is 1. The predicted molar refractivity (Wildman–Crippen MR) is 79.0 cm³/mol. The van der Waals surface area contributed by atoms with E-state index in [9.17, 15) is 4.79 Å². The van der Waals surface area contributed by atoms with E-state index in [-0.39, 0.29) is 5.91 Å². The number of pyridine rings is 1. The third kappa shape index (κ3) is 2.77. The highest BCUT2D eigenvalue weighted by molar-refractivity contribution is 5.93. The first kappa shape index (κ1) is 13.7. The lowest BCUT2D eigenvalue weighted by Gasteiger charge is -2.19. The van der Waals surface area contributed by atoms with Crippen LogP contribution in [0, 0.1) is 0 Å². The average Bonchev–Trinajstić information content (AvgIpc) is 2.77. The van der Waals surface area contributed by atoms with E-state index in [1.54, 1.807) is 24.8 Å². The third-order valence-electron chi connectivity index (χ3n) is 3.90. The van der Waals surface area contributed by atoms with E-state index in [4.69, 9.17) is 0 Å². The van der Waals surface area contributed by atoms with Crippen LogP contribution in [0.4, 0.5) is 0 Å². The highest BCUT2D eigenvalue weighted by Gasteiger charge is 2.22. The van der Waals surface area contributed by atoms with E-state index in [0.717, 1.165) is 30.7 Å². The molecular weight excluding hydrogens is 264 g/mol. The van der Waals surface area contributed by atoms with Crippen LogP contribution >= 0.6 is 0 Å². The van der Waals surface area contributed by atoms with Crippen LogP contribution in [0.3, 0.4) is 0 Å². The van der Waals surface area contributed by atoms with Crippen LogP contribution in [0.1, 0.15) is 34.2 Å². The van der Waals surface area contributed by atoms with Crippen molar-refractivity contribution in [2.24, 2.45) is 0 Å². The number of aryl methyl sites for hydroxylation is 1. The van der Waals surface area contributed by atoms with Crippen LogP contribution < -0.4 is 0 Å². The second-order valence-corrected chi connectivity index (χ2v) is 5.13. The van der Waals surface area contributed by atoms with Gasteiger partial charge in [-0.1, -0.05) is 6.92 Å². The third-order valence-corrected chi connectivity index (χ3v) is 3.90. The summed E-state index contributed by atoms with van der Waals surface area (Å²) in [5, 5.41) is 0. The van der Waals surface area contributed by atoms with E-state index in [1.165, 1.54) is 5.56 Å². The highest BCUT2D eigenvalue weighted by atomic mass is 16.2. The molecule has 1 aliphatic rings. The molecule has 108 valence electrons. The van der Waals surface area contributed by atoms with E-state index >= 15 is 0 Å². The molecule has 0 bridgehead atoms. The molecule has 0 aromatic carbocycles. The molecule has 21 heavy (non-hydrogen) atoms. The maximum Gasteiger partial charge on any atom is 0.255 e. The molecule has 5 heteroatoms. The lowest BCUT2D eigenvalue weighted by atomic mass is 10.1. The highest BCUT2D eigenvalue weighted by Crippen LogP contribution is 2.18. The maximum atomic E-state index is 12.5. The monoisotopic (exact) mass is 282 g/mol. The van der Waals surface area contributed by atoms with Gasteiger partial charge in [-0.3, -0.25) is 9.78 Å². The summed E-state index contributed by atoms with van der Waals surface area (Å²) in [5.41, 5.74) is 4.06. The van der Waals surface area contributed by atoms with Crippen LogP contribution in [-0.2, 0) is 19.3 Å². The van der Waals surface area contributed by atoms with Crippen LogP contribution in [0.15, 0.2) is 30.9 Å². The Kier molecular flexibility index (Phi) is 3.90. The number of aromatic nitrogens is 3. The van der Waals surface area contributed by atoms with Gasteiger partial charge >= 0.3 is 0 Å². The molecule has 0 fully saturated rings. The summed E-state index contributed by atoms with van der Waals surface area (Å²) in [6, 6.07) is 3.60. The van der Waals surface area contributed by atoms with E-state index in [1.807, 2.05) is 11.0 Å². The first-order valence-corrected chi connectivity index (χ1v) is 7.30. The van der Waals surface area contributed by atoms with Crippen LogP contribution in [0.25, 0.3) is 0 Å². The lowest BCUT2D eigenvalue weighted by Crippen LogP contribution is -2.33. The minimum absolute atomic E-state index is 0.0434. The van der Waals surface area contributed by atoms with Gasteiger partial charge in [0.1, 0.15) is 6.33 Å². The molecule has 0 atom stereocenters. The summed E-state index contributed by atoms with van der Waals surface area (Å²) in [6.07, 6.45) is 7.45. The second kappa shape index (κ2) is 5.99. The van der Waals surface area contributed by atoms with Gasteiger partial charge in [-0.2, -0.15) is 0 Å². The molecule has 1 aliphatic heterocycles. The molecule has 3 rings (SSSR count). The largest absolute Gasteiger partial charge is 0.338 e. The first-order chi connectivity index (χ1) is 10.3. The molecule has 0 N–H and O–H groups in total. The van der Waals surface area contributed by atoms with E-state index in [0.29, 0.717) is 18.7 Å². The Morgan fingerprint density at radius 1 is 1.29 bits per heavy atom. The quantitative estimate of drug-likeness (QED) is 0.841. The van der Waals surface area contributed by atoms with Gasteiger partial charge in [-0.25, -0.2) is 9.97 Å². The standard InChI is InChI=1S/C16H18N4O/c1-2-14-13-5-8-20(9-6-15(13)19-11-18-14)16(21)12-4-3-7-17-10-12/h3-4,7,10-11H,2,5-6,8-9H2,1H3. The molecule has 0 radical (unpaired) electrons. The summed E-state index contributed by atoms with van der Waals surface area (Å²) < 4.78 is 0. The Morgan fingerprint density at radius 2 is 2.14 bits per heavy atom. The van der Waals surface area contributed by atoms with Gasteiger partial charge in [0.05, 0.1) is 5.56 Å². The molecular formula is C16H18N4O. The van der Waals surface area contributed by atoms with Gasteiger partial charge < -0.3 is 4.90 Å². The fraction of sp³-hybridized carbons (Fsp3) is 0.375. The Bertz CT molecular complexity index is 642. The van der Waals surface area contributed by atoms with E-state index < -0.39 is 0 Å². The molecule has 2 aromatic heterocycles. The fourth-order valence-electron chi connectivity index (χ4n) is 2.77. The smallest absolute Gasteiger partial charge is 0.255 e. The van der Waals surface area contributed by atoms with Crippen LogP contribution in [-0.4, -0.2) is 38.8 Å². The van der Waals surface area contributed by atoms with E-state index in [2.05, 4.69) is 21.9 Å². The number of hydrogen-bond acceptors (Lipinski definition) is 4. The van der Waals surface area contributed by atoms with Crippen molar-refractivity contribution in [3.05, 3.63) is 53.4 Å². The number of rotatable bonds is 2. The Labute approximate surface area is 124 Å². The van der Waals surface area contributed by atoms with Crippen molar-refractivity contribution in [2.75, 3.05) is 13.1 Å². The zero-order valence-corrected chi connectivity index (χ0v) is 12.1. The number of hydrogen-bond donors (Lipinski definition) is 0. The van der Waals surface area contributed by atoms with Gasteiger partial charge in [0.2, 0.25) is 0 Å². The van der Waals surface area contributed by atoms with Crippen molar-refractivity contribution in [3.8, 4) is 0 Å². The molecule has 2 aromatic rings. The number of carbonyl (C=O) groups excluding carboxylic acids is 1. The van der Waals surface area contributed by atoms with Gasteiger partial charge in [0.25, 0.3) is 5.91 Å². The molecule has 5 nitrogen and oxygen atoms in total. The van der Waals surface area contributed by atoms with Crippen molar-refractivity contribution in [2.45, 2.75) is 26.2 Å².